The smallest absolute Gasteiger partial charge is 0.286 e. The number of rotatable bonds is 3. The molecule has 5 nitrogen and oxygen atoms in total. The Hall–Kier alpha value is -2.64. The first-order valence-corrected chi connectivity index (χ1v) is 10.1. The molecule has 3 fully saturated rings. The summed E-state index contributed by atoms with van der Waals surface area (Å²) in [6.07, 6.45) is -0.135. The third-order valence-electron chi connectivity index (χ3n) is 7.04. The molecule has 6 atom stereocenters. The molecule has 8 heteroatoms. The van der Waals surface area contributed by atoms with Crippen molar-refractivity contribution in [2.24, 2.45) is 35.5 Å². The van der Waals surface area contributed by atoms with Gasteiger partial charge in [0, 0.05) is 5.69 Å². The maximum Gasteiger partial charge on any atom is 0.471 e. The van der Waals surface area contributed by atoms with E-state index in [-0.39, 0.29) is 17.5 Å². The topological polar surface area (TPSA) is 57.7 Å². The predicted octanol–water partition coefficient (Wildman–Crippen LogP) is 3.21. The Morgan fingerprint density at radius 1 is 1.00 bits per heavy atom. The van der Waals surface area contributed by atoms with Crippen molar-refractivity contribution in [3.05, 3.63) is 41.5 Å². The van der Waals surface area contributed by atoms with Gasteiger partial charge in [-0.1, -0.05) is 18.2 Å². The Morgan fingerprint density at radius 3 is 1.97 bits per heavy atom. The Balaban J connectivity index is 1.49. The number of nitrogens with zero attached hydrogens (tertiary/aromatic N) is 2. The van der Waals surface area contributed by atoms with Crippen molar-refractivity contribution in [1.29, 1.82) is 0 Å². The first kappa shape index (κ1) is 19.3. The molecule has 6 rings (SSSR count). The van der Waals surface area contributed by atoms with E-state index in [1.165, 1.54) is 12.1 Å². The van der Waals surface area contributed by atoms with Crippen LogP contribution < -0.4 is 4.90 Å². The van der Waals surface area contributed by atoms with Crippen LogP contribution in [-0.4, -0.2) is 35.5 Å². The highest BCUT2D eigenvalue weighted by Gasteiger charge is 2.67. The van der Waals surface area contributed by atoms with Gasteiger partial charge in [0.05, 0.1) is 11.8 Å². The highest BCUT2D eigenvalue weighted by molar-refractivity contribution is 6.07. The van der Waals surface area contributed by atoms with Gasteiger partial charge in [-0.15, -0.1) is 0 Å². The van der Waals surface area contributed by atoms with Gasteiger partial charge in [-0.05, 0) is 67.2 Å². The number of hydrogen-bond acceptors (Lipinski definition) is 3. The molecule has 1 aliphatic heterocycles. The number of hydrogen-bond donors (Lipinski definition) is 0. The molecule has 0 aromatic heterocycles. The third kappa shape index (κ3) is 2.72. The van der Waals surface area contributed by atoms with Crippen molar-refractivity contribution in [2.75, 3.05) is 11.6 Å². The lowest BCUT2D eigenvalue weighted by Crippen LogP contribution is -2.49. The molecule has 0 unspecified atom stereocenters. The summed E-state index contributed by atoms with van der Waals surface area (Å²) < 4.78 is 40.1. The lowest BCUT2D eigenvalue weighted by Gasteiger charge is -2.37. The predicted molar refractivity (Wildman–Crippen MR) is 101 cm³/mol. The Labute approximate surface area is 171 Å². The van der Waals surface area contributed by atoms with Crippen LogP contribution in [0.5, 0.6) is 0 Å². The van der Waals surface area contributed by atoms with Crippen LogP contribution in [0.15, 0.2) is 30.4 Å². The minimum Gasteiger partial charge on any atom is -0.286 e. The maximum absolute atomic E-state index is 13.4. The van der Waals surface area contributed by atoms with Crippen LogP contribution >= 0.6 is 0 Å². The van der Waals surface area contributed by atoms with Gasteiger partial charge < -0.3 is 0 Å². The van der Waals surface area contributed by atoms with Crippen LogP contribution in [0.3, 0.4) is 0 Å². The zero-order valence-corrected chi connectivity index (χ0v) is 16.5. The Morgan fingerprint density at radius 2 is 1.50 bits per heavy atom. The molecule has 4 aliphatic carbocycles. The Bertz CT molecular complexity index is 946. The average Bonchev–Trinajstić information content (AvgIpc) is 3.44. The third-order valence-corrected chi connectivity index (χ3v) is 7.04. The van der Waals surface area contributed by atoms with E-state index in [0.29, 0.717) is 27.9 Å². The maximum atomic E-state index is 13.4. The van der Waals surface area contributed by atoms with Gasteiger partial charge >= 0.3 is 12.1 Å². The van der Waals surface area contributed by atoms with Crippen molar-refractivity contribution in [1.82, 2.24) is 4.90 Å². The van der Waals surface area contributed by atoms with E-state index in [1.807, 2.05) is 12.2 Å². The minimum absolute atomic E-state index is 0.0224. The minimum atomic E-state index is -5.13. The van der Waals surface area contributed by atoms with E-state index in [9.17, 15) is 27.6 Å². The molecule has 0 radical (unpaired) electrons. The summed E-state index contributed by atoms with van der Waals surface area (Å²) in [6, 6.07) is 4.68. The summed E-state index contributed by atoms with van der Waals surface area (Å²) in [6.45, 7) is 2.70. The number of alkyl halides is 3. The molecule has 3 amide bonds. The van der Waals surface area contributed by atoms with Gasteiger partial charge in [0.1, 0.15) is 6.67 Å². The molecule has 1 heterocycles. The van der Waals surface area contributed by atoms with Crippen molar-refractivity contribution >= 4 is 23.4 Å². The van der Waals surface area contributed by atoms with Gasteiger partial charge in [0.15, 0.2) is 0 Å². The van der Waals surface area contributed by atoms with Crippen LogP contribution in [0.4, 0.5) is 18.9 Å². The fourth-order valence-electron chi connectivity index (χ4n) is 5.82. The monoisotopic (exact) mass is 418 g/mol. The largest absolute Gasteiger partial charge is 0.471 e. The number of aryl methyl sites for hydroxylation is 2. The summed E-state index contributed by atoms with van der Waals surface area (Å²) in [5.41, 5.74) is 1.38. The number of allylic oxidation sites excluding steroid dienone is 2. The van der Waals surface area contributed by atoms with E-state index >= 15 is 0 Å². The van der Waals surface area contributed by atoms with Crippen LogP contribution in [0, 0.1) is 49.4 Å². The highest BCUT2D eigenvalue weighted by Crippen LogP contribution is 2.65. The average molecular weight is 418 g/mol. The summed E-state index contributed by atoms with van der Waals surface area (Å²) in [5, 5.41) is 0. The van der Waals surface area contributed by atoms with Crippen LogP contribution in [0.25, 0.3) is 0 Å². The molecule has 30 heavy (non-hydrogen) atoms. The van der Waals surface area contributed by atoms with Gasteiger partial charge in [0.2, 0.25) is 11.8 Å². The first-order chi connectivity index (χ1) is 14.1. The van der Waals surface area contributed by atoms with Crippen molar-refractivity contribution in [3.8, 4) is 0 Å². The molecule has 0 spiro atoms. The molecule has 1 saturated heterocycles. The second-order valence-corrected chi connectivity index (χ2v) is 8.98. The molecular formula is C22H21F3N2O3. The number of carbonyl (C=O) groups excluding carboxylic acids is 3. The highest BCUT2D eigenvalue weighted by atomic mass is 19.4. The van der Waals surface area contributed by atoms with Crippen LogP contribution in [0.1, 0.15) is 17.5 Å². The molecule has 1 aromatic rings. The van der Waals surface area contributed by atoms with E-state index in [1.54, 1.807) is 19.9 Å². The van der Waals surface area contributed by atoms with E-state index in [0.717, 1.165) is 11.3 Å². The van der Waals surface area contributed by atoms with E-state index < -0.39 is 42.4 Å². The van der Waals surface area contributed by atoms with Crippen molar-refractivity contribution in [3.63, 3.8) is 0 Å². The quantitative estimate of drug-likeness (QED) is 0.560. The lowest BCUT2D eigenvalue weighted by molar-refractivity contribution is -0.171. The van der Waals surface area contributed by atoms with Gasteiger partial charge in [-0.3, -0.25) is 24.2 Å². The van der Waals surface area contributed by atoms with Gasteiger partial charge in [-0.2, -0.15) is 13.2 Å². The zero-order valence-electron chi connectivity index (χ0n) is 16.5. The summed E-state index contributed by atoms with van der Waals surface area (Å²) in [7, 11) is 0. The SMILES string of the molecule is Cc1cc(C)cc(N(CN2C(=O)[C@@H]3[C@@H]4C=C[C@H]([C@@H]5C[C@H]45)[C@H]3C2=O)C(=O)C(F)(F)F)c1. The molecule has 1 aromatic carbocycles. The number of halogens is 3. The van der Waals surface area contributed by atoms with Gasteiger partial charge in [0.25, 0.3) is 0 Å². The number of carbonyl (C=O) groups is 3. The number of anilines is 1. The van der Waals surface area contributed by atoms with E-state index in [2.05, 4.69) is 0 Å². The summed E-state index contributed by atoms with van der Waals surface area (Å²) in [5.74, 6) is -3.31. The van der Waals surface area contributed by atoms with Crippen LogP contribution in [0.2, 0.25) is 0 Å². The van der Waals surface area contributed by atoms with Crippen molar-refractivity contribution < 1.29 is 27.6 Å². The van der Waals surface area contributed by atoms with Crippen LogP contribution in [-0.2, 0) is 14.4 Å². The number of amides is 3. The normalized spacial score (nSPS) is 33.6. The second kappa shape index (κ2) is 6.18. The molecule has 2 saturated carbocycles. The standard InChI is InChI=1S/C22H21F3N2O3/c1-10-5-11(2)7-12(6-10)26(21(30)22(23,24)25)9-27-19(28)17-13-3-4-14(16-8-15(13)16)18(17)20(27)29/h3-7,13-18H,8-9H2,1-2H3/t13-,14-,15-,16+,17-,18-/m1/s1. The Kier molecular flexibility index (Phi) is 3.98. The molecule has 2 bridgehead atoms. The zero-order chi connectivity index (χ0) is 21.5. The number of imide groups is 1. The molecular weight excluding hydrogens is 397 g/mol. The summed E-state index contributed by atoms with van der Waals surface area (Å²) >= 11 is 0. The first-order valence-electron chi connectivity index (χ1n) is 10.1. The second-order valence-electron chi connectivity index (χ2n) is 8.98. The molecule has 5 aliphatic rings. The fraction of sp³-hybridized carbons (Fsp3) is 0.500. The molecule has 0 N–H and O–H groups in total. The number of benzene rings is 1. The molecule has 158 valence electrons. The number of likely N-dealkylation sites (tertiary alicyclic amines) is 1. The lowest BCUT2D eigenvalue weighted by atomic mass is 9.63. The fourth-order valence-corrected chi connectivity index (χ4v) is 5.82. The van der Waals surface area contributed by atoms with E-state index in [4.69, 9.17) is 0 Å². The van der Waals surface area contributed by atoms with Gasteiger partial charge in [-0.25, -0.2) is 0 Å². The summed E-state index contributed by atoms with van der Waals surface area (Å²) in [4.78, 5) is 39.9. The van der Waals surface area contributed by atoms with Crippen molar-refractivity contribution in [2.45, 2.75) is 26.4 Å².